The SMILES string of the molecule is O=C1CC[C@H](C(=O)N2CC(c3ccccn3)C2)NC(=O)N1. The normalized spacial score (nSPS) is 22.9. The van der Waals surface area contributed by atoms with Crippen molar-refractivity contribution in [2.75, 3.05) is 13.1 Å². The summed E-state index contributed by atoms with van der Waals surface area (Å²) in [4.78, 5) is 40.9. The first-order valence-corrected chi connectivity index (χ1v) is 6.93. The molecule has 0 unspecified atom stereocenters. The molecule has 21 heavy (non-hydrogen) atoms. The Hall–Kier alpha value is -2.44. The highest BCUT2D eigenvalue weighted by molar-refractivity contribution is 5.98. The van der Waals surface area contributed by atoms with Crippen LogP contribution in [0, 0.1) is 0 Å². The summed E-state index contributed by atoms with van der Waals surface area (Å²) in [6.45, 7) is 1.20. The number of urea groups is 1. The number of imide groups is 1. The predicted molar refractivity (Wildman–Crippen MR) is 73.3 cm³/mol. The first kappa shape index (κ1) is 13.5. The number of likely N-dealkylation sites (tertiary alicyclic amines) is 1. The topological polar surface area (TPSA) is 91.4 Å². The Kier molecular flexibility index (Phi) is 3.55. The highest BCUT2D eigenvalue weighted by Gasteiger charge is 2.37. The van der Waals surface area contributed by atoms with Gasteiger partial charge in [-0.25, -0.2) is 4.79 Å². The molecule has 0 bridgehead atoms. The van der Waals surface area contributed by atoms with Crippen LogP contribution in [0.3, 0.4) is 0 Å². The number of carbonyl (C=O) groups is 3. The summed E-state index contributed by atoms with van der Waals surface area (Å²) < 4.78 is 0. The van der Waals surface area contributed by atoms with Crippen LogP contribution in [0.1, 0.15) is 24.5 Å². The van der Waals surface area contributed by atoms with E-state index in [2.05, 4.69) is 15.6 Å². The molecule has 2 fully saturated rings. The van der Waals surface area contributed by atoms with Crippen LogP contribution >= 0.6 is 0 Å². The Labute approximate surface area is 121 Å². The van der Waals surface area contributed by atoms with Gasteiger partial charge in [0.05, 0.1) is 0 Å². The van der Waals surface area contributed by atoms with Crippen LogP contribution in [-0.4, -0.2) is 46.9 Å². The smallest absolute Gasteiger partial charge is 0.322 e. The second kappa shape index (κ2) is 5.51. The fourth-order valence-electron chi connectivity index (χ4n) is 2.60. The molecule has 1 aromatic heterocycles. The van der Waals surface area contributed by atoms with Crippen LogP contribution in [0.5, 0.6) is 0 Å². The van der Waals surface area contributed by atoms with Gasteiger partial charge in [-0.15, -0.1) is 0 Å². The van der Waals surface area contributed by atoms with E-state index >= 15 is 0 Å². The number of pyridine rings is 1. The van der Waals surface area contributed by atoms with Crippen LogP contribution in [0.15, 0.2) is 24.4 Å². The second-order valence-electron chi connectivity index (χ2n) is 5.31. The maximum absolute atomic E-state index is 12.3. The van der Waals surface area contributed by atoms with Crippen molar-refractivity contribution in [1.29, 1.82) is 0 Å². The van der Waals surface area contributed by atoms with Gasteiger partial charge in [0.25, 0.3) is 0 Å². The number of hydrogen-bond donors (Lipinski definition) is 2. The molecule has 2 N–H and O–H groups in total. The summed E-state index contributed by atoms with van der Waals surface area (Å²) in [5, 5.41) is 4.70. The minimum absolute atomic E-state index is 0.132. The molecule has 2 aliphatic rings. The third-order valence-electron chi connectivity index (χ3n) is 3.82. The quantitative estimate of drug-likeness (QED) is 0.801. The molecule has 2 saturated heterocycles. The van der Waals surface area contributed by atoms with Crippen molar-refractivity contribution in [3.63, 3.8) is 0 Å². The summed E-state index contributed by atoms with van der Waals surface area (Å²) in [5.41, 5.74) is 0.975. The van der Waals surface area contributed by atoms with E-state index in [-0.39, 0.29) is 24.2 Å². The van der Waals surface area contributed by atoms with Gasteiger partial charge in [-0.1, -0.05) is 6.07 Å². The molecule has 1 aromatic rings. The molecule has 1 atom stereocenters. The molecule has 2 aliphatic heterocycles. The summed E-state index contributed by atoms with van der Waals surface area (Å²) in [6.07, 6.45) is 2.25. The molecule has 0 aromatic carbocycles. The highest BCUT2D eigenvalue weighted by Crippen LogP contribution is 2.26. The molecule has 4 amide bonds. The van der Waals surface area contributed by atoms with Gasteiger partial charge < -0.3 is 10.2 Å². The minimum atomic E-state index is -0.624. The summed E-state index contributed by atoms with van der Waals surface area (Å²) in [7, 11) is 0. The van der Waals surface area contributed by atoms with E-state index < -0.39 is 12.1 Å². The van der Waals surface area contributed by atoms with Gasteiger partial charge in [-0.3, -0.25) is 19.9 Å². The number of rotatable bonds is 2. The molecule has 3 heterocycles. The number of aromatic nitrogens is 1. The molecule has 0 spiro atoms. The van der Waals surface area contributed by atoms with Crippen LogP contribution in [-0.2, 0) is 9.59 Å². The largest absolute Gasteiger partial charge is 0.339 e. The third-order valence-corrected chi connectivity index (χ3v) is 3.82. The van der Waals surface area contributed by atoms with Crippen molar-refractivity contribution in [3.05, 3.63) is 30.1 Å². The average molecular weight is 288 g/mol. The van der Waals surface area contributed by atoms with E-state index in [9.17, 15) is 14.4 Å². The zero-order valence-corrected chi connectivity index (χ0v) is 11.4. The molecular formula is C14H16N4O3. The summed E-state index contributed by atoms with van der Waals surface area (Å²) >= 11 is 0. The Bertz CT molecular complexity index is 569. The van der Waals surface area contributed by atoms with E-state index in [0.29, 0.717) is 19.5 Å². The second-order valence-corrected chi connectivity index (χ2v) is 5.31. The highest BCUT2D eigenvalue weighted by atomic mass is 16.2. The lowest BCUT2D eigenvalue weighted by Crippen LogP contribution is -2.56. The number of hydrogen-bond acceptors (Lipinski definition) is 4. The first-order chi connectivity index (χ1) is 10.1. The Balaban J connectivity index is 1.58. The lowest BCUT2D eigenvalue weighted by Gasteiger charge is -2.40. The van der Waals surface area contributed by atoms with Crippen molar-refractivity contribution in [1.82, 2.24) is 20.5 Å². The molecule has 3 rings (SSSR count). The maximum Gasteiger partial charge on any atom is 0.322 e. The first-order valence-electron chi connectivity index (χ1n) is 6.93. The van der Waals surface area contributed by atoms with Gasteiger partial charge in [0, 0.05) is 37.3 Å². The van der Waals surface area contributed by atoms with Gasteiger partial charge in [0.2, 0.25) is 11.8 Å². The predicted octanol–water partition coefficient (Wildman–Crippen LogP) is -0.00440. The van der Waals surface area contributed by atoms with Crippen LogP contribution < -0.4 is 10.6 Å². The van der Waals surface area contributed by atoms with Crippen molar-refractivity contribution in [3.8, 4) is 0 Å². The lowest BCUT2D eigenvalue weighted by molar-refractivity contribution is -0.137. The molecule has 0 radical (unpaired) electrons. The van der Waals surface area contributed by atoms with Crippen LogP contribution in [0.2, 0.25) is 0 Å². The zero-order chi connectivity index (χ0) is 14.8. The monoisotopic (exact) mass is 288 g/mol. The molecular weight excluding hydrogens is 272 g/mol. The van der Waals surface area contributed by atoms with Crippen molar-refractivity contribution >= 4 is 17.8 Å². The van der Waals surface area contributed by atoms with Gasteiger partial charge in [-0.2, -0.15) is 0 Å². The van der Waals surface area contributed by atoms with Crippen molar-refractivity contribution in [2.24, 2.45) is 0 Å². The van der Waals surface area contributed by atoms with E-state index in [1.807, 2.05) is 18.2 Å². The Morgan fingerprint density at radius 3 is 2.81 bits per heavy atom. The Morgan fingerprint density at radius 1 is 1.29 bits per heavy atom. The number of amides is 4. The third kappa shape index (κ3) is 2.86. The van der Waals surface area contributed by atoms with Crippen LogP contribution in [0.25, 0.3) is 0 Å². The van der Waals surface area contributed by atoms with E-state index in [1.165, 1.54) is 0 Å². The standard InChI is InChI=1S/C14H16N4O3/c19-12-5-4-11(16-14(21)17-12)13(20)18-7-9(8-18)10-3-1-2-6-15-10/h1-3,6,9,11H,4-5,7-8H2,(H2,16,17,19,21)/t11-/m1/s1. The molecule has 7 heteroatoms. The average Bonchev–Trinajstić information content (AvgIpc) is 2.59. The van der Waals surface area contributed by atoms with Crippen molar-refractivity contribution in [2.45, 2.75) is 24.8 Å². The molecule has 7 nitrogen and oxygen atoms in total. The van der Waals surface area contributed by atoms with Gasteiger partial charge in [0.1, 0.15) is 6.04 Å². The number of carbonyl (C=O) groups excluding carboxylic acids is 3. The van der Waals surface area contributed by atoms with Gasteiger partial charge in [0.15, 0.2) is 0 Å². The Morgan fingerprint density at radius 2 is 2.10 bits per heavy atom. The summed E-state index contributed by atoms with van der Waals surface area (Å²) in [6, 6.07) is 4.51. The zero-order valence-electron chi connectivity index (χ0n) is 11.4. The molecule has 0 saturated carbocycles. The van der Waals surface area contributed by atoms with Crippen molar-refractivity contribution < 1.29 is 14.4 Å². The van der Waals surface area contributed by atoms with E-state index in [4.69, 9.17) is 0 Å². The van der Waals surface area contributed by atoms with Gasteiger partial charge >= 0.3 is 6.03 Å². The fraction of sp³-hybridized carbons (Fsp3) is 0.429. The lowest BCUT2D eigenvalue weighted by atomic mass is 9.94. The number of nitrogens with zero attached hydrogens (tertiary/aromatic N) is 2. The number of nitrogens with one attached hydrogen (secondary N) is 2. The van der Waals surface area contributed by atoms with E-state index in [1.54, 1.807) is 11.1 Å². The minimum Gasteiger partial charge on any atom is -0.339 e. The van der Waals surface area contributed by atoms with E-state index in [0.717, 1.165) is 5.69 Å². The fourth-order valence-corrected chi connectivity index (χ4v) is 2.60. The summed E-state index contributed by atoms with van der Waals surface area (Å²) in [5.74, 6) is -0.235. The van der Waals surface area contributed by atoms with Gasteiger partial charge in [-0.05, 0) is 18.6 Å². The molecule has 0 aliphatic carbocycles. The van der Waals surface area contributed by atoms with Crippen LogP contribution in [0.4, 0.5) is 4.79 Å². The molecule has 110 valence electrons. The maximum atomic E-state index is 12.3.